The molecule has 32 heavy (non-hydrogen) atoms. The van der Waals surface area contributed by atoms with Gasteiger partial charge in [0.1, 0.15) is 16.7 Å². The van der Waals surface area contributed by atoms with Crippen molar-refractivity contribution in [2.24, 2.45) is 11.1 Å². The Hall–Kier alpha value is -2.40. The molecule has 166 valence electrons. The van der Waals surface area contributed by atoms with E-state index >= 15 is 0 Å². The van der Waals surface area contributed by atoms with E-state index in [1.54, 1.807) is 12.4 Å². The molecule has 0 bridgehead atoms. The average Bonchev–Trinajstić information content (AvgIpc) is 3.44. The fraction of sp³-hybridized carbons (Fsp3) is 0.429. The van der Waals surface area contributed by atoms with Gasteiger partial charge in [0.05, 0.1) is 48.1 Å². The second-order valence-corrected chi connectivity index (χ2v) is 10.1. The van der Waals surface area contributed by atoms with Crippen molar-refractivity contribution < 1.29 is 4.74 Å². The maximum absolute atomic E-state index is 6.78. The van der Waals surface area contributed by atoms with Crippen LogP contribution in [0.15, 0.2) is 34.6 Å². The summed E-state index contributed by atoms with van der Waals surface area (Å²) < 4.78 is 7.70. The van der Waals surface area contributed by atoms with Crippen LogP contribution >= 0.6 is 23.4 Å². The Bertz CT molecular complexity index is 1180. The van der Waals surface area contributed by atoms with E-state index in [1.165, 1.54) is 23.0 Å². The van der Waals surface area contributed by atoms with Crippen LogP contribution in [0.2, 0.25) is 5.02 Å². The molecule has 3 aromatic rings. The number of pyridine rings is 1. The van der Waals surface area contributed by atoms with Gasteiger partial charge in [-0.05, 0) is 18.9 Å². The molecule has 9 nitrogen and oxygen atoms in total. The van der Waals surface area contributed by atoms with Crippen LogP contribution in [-0.4, -0.2) is 37.8 Å². The number of nitrogen functional groups attached to an aromatic ring is 1. The van der Waals surface area contributed by atoms with Crippen molar-refractivity contribution >= 4 is 35.0 Å². The summed E-state index contributed by atoms with van der Waals surface area (Å²) in [6.45, 7) is 3.92. The summed E-state index contributed by atoms with van der Waals surface area (Å²) in [5.41, 5.74) is 16.1. The number of hydrogen-bond acceptors (Lipinski definition) is 9. The first-order valence-electron chi connectivity index (χ1n) is 10.6. The third-order valence-electron chi connectivity index (χ3n) is 6.87. The lowest BCUT2D eigenvalue weighted by molar-refractivity contribution is 0.130. The van der Waals surface area contributed by atoms with Crippen LogP contribution < -0.4 is 16.4 Å². The van der Waals surface area contributed by atoms with Crippen LogP contribution in [0.25, 0.3) is 0 Å². The molecule has 6 rings (SSSR count). The number of piperidine rings is 1. The smallest absolute Gasteiger partial charge is 0.147 e. The van der Waals surface area contributed by atoms with Gasteiger partial charge < -0.3 is 21.1 Å². The van der Waals surface area contributed by atoms with Gasteiger partial charge in [0.2, 0.25) is 0 Å². The molecule has 3 aliphatic heterocycles. The molecule has 1 saturated heterocycles. The van der Waals surface area contributed by atoms with Crippen LogP contribution in [0.4, 0.5) is 11.6 Å². The number of rotatable bonds is 3. The van der Waals surface area contributed by atoms with Crippen LogP contribution in [0.5, 0.6) is 0 Å². The Kier molecular flexibility index (Phi) is 4.79. The lowest BCUT2D eigenvalue weighted by atomic mass is 9.73. The molecule has 0 amide bonds. The first-order valence-corrected chi connectivity index (χ1v) is 11.8. The number of aromatic nitrogens is 5. The summed E-state index contributed by atoms with van der Waals surface area (Å²) in [5.74, 6) is 1.19. The van der Waals surface area contributed by atoms with Crippen LogP contribution in [0, 0.1) is 5.41 Å². The third-order valence-corrected chi connectivity index (χ3v) is 8.36. The molecule has 6 heterocycles. The van der Waals surface area contributed by atoms with Gasteiger partial charge in [-0.2, -0.15) is 5.10 Å². The zero-order chi connectivity index (χ0) is 21.9. The zero-order valence-electron chi connectivity index (χ0n) is 17.4. The third kappa shape index (κ3) is 3.16. The number of fused-ring (bicyclic) bond motifs is 3. The fourth-order valence-electron chi connectivity index (χ4n) is 5.05. The van der Waals surface area contributed by atoms with Gasteiger partial charge in [0.15, 0.2) is 0 Å². The maximum Gasteiger partial charge on any atom is 0.147 e. The first kappa shape index (κ1) is 20.2. The van der Waals surface area contributed by atoms with Crippen molar-refractivity contribution in [3.8, 4) is 0 Å². The van der Waals surface area contributed by atoms with Gasteiger partial charge in [-0.1, -0.05) is 23.4 Å². The quantitative estimate of drug-likeness (QED) is 0.594. The highest BCUT2D eigenvalue weighted by molar-refractivity contribution is 7.99. The fourth-order valence-corrected chi connectivity index (χ4v) is 6.04. The lowest BCUT2D eigenvalue weighted by Crippen LogP contribution is -2.45. The number of ether oxygens (including phenoxy) is 1. The van der Waals surface area contributed by atoms with Gasteiger partial charge in [-0.3, -0.25) is 4.68 Å². The first-order chi connectivity index (χ1) is 15.5. The summed E-state index contributed by atoms with van der Waals surface area (Å²) >= 11 is 7.66. The maximum atomic E-state index is 6.78. The van der Waals surface area contributed by atoms with Crippen molar-refractivity contribution in [3.63, 3.8) is 0 Å². The summed E-state index contributed by atoms with van der Waals surface area (Å²) in [6, 6.07) is 1.82. The van der Waals surface area contributed by atoms with E-state index in [-0.39, 0.29) is 11.5 Å². The van der Waals surface area contributed by atoms with Gasteiger partial charge in [-0.15, -0.1) is 0 Å². The molecule has 0 saturated carbocycles. The average molecular weight is 471 g/mol. The van der Waals surface area contributed by atoms with E-state index in [2.05, 4.69) is 24.5 Å². The van der Waals surface area contributed by atoms with E-state index in [0.29, 0.717) is 24.1 Å². The van der Waals surface area contributed by atoms with Gasteiger partial charge in [0, 0.05) is 41.7 Å². The molecule has 3 aromatic heterocycles. The number of nitrogens with two attached hydrogens (primary N) is 2. The Morgan fingerprint density at radius 3 is 2.78 bits per heavy atom. The van der Waals surface area contributed by atoms with Crippen molar-refractivity contribution in [1.29, 1.82) is 0 Å². The molecule has 1 spiro atoms. The number of hydrogen-bond donors (Lipinski definition) is 2. The second kappa shape index (κ2) is 7.58. The van der Waals surface area contributed by atoms with E-state index in [1.807, 2.05) is 12.3 Å². The molecule has 1 atom stereocenters. The topological polar surface area (TPSA) is 121 Å². The Labute approximate surface area is 194 Å². The molecular weight excluding hydrogens is 448 g/mol. The van der Waals surface area contributed by atoms with Crippen LogP contribution in [0.1, 0.15) is 35.8 Å². The summed E-state index contributed by atoms with van der Waals surface area (Å²) in [5, 5.41) is 5.95. The molecule has 1 fully saturated rings. The van der Waals surface area contributed by atoms with E-state index in [9.17, 15) is 0 Å². The second-order valence-electron chi connectivity index (χ2n) is 8.61. The van der Waals surface area contributed by atoms with Crippen molar-refractivity contribution in [1.82, 2.24) is 24.7 Å². The Morgan fingerprint density at radius 2 is 2.00 bits per heavy atom. The Balaban J connectivity index is 1.13. The van der Waals surface area contributed by atoms with Gasteiger partial charge >= 0.3 is 0 Å². The number of anilines is 2. The lowest BCUT2D eigenvalue weighted by Gasteiger charge is -2.41. The highest BCUT2D eigenvalue weighted by Gasteiger charge is 2.49. The largest absolute Gasteiger partial charge is 0.382 e. The highest BCUT2D eigenvalue weighted by Crippen LogP contribution is 2.50. The predicted molar refractivity (Wildman–Crippen MR) is 121 cm³/mol. The highest BCUT2D eigenvalue weighted by atomic mass is 35.5. The molecule has 3 aliphatic rings. The van der Waals surface area contributed by atoms with Crippen LogP contribution in [-0.2, 0) is 24.5 Å². The molecule has 0 radical (unpaired) electrons. The van der Waals surface area contributed by atoms with E-state index < -0.39 is 0 Å². The van der Waals surface area contributed by atoms with Crippen molar-refractivity contribution in [3.05, 3.63) is 46.6 Å². The molecule has 4 N–H and O–H groups in total. The summed E-state index contributed by atoms with van der Waals surface area (Å²) in [7, 11) is 0. The minimum atomic E-state index is 0.00464. The molecule has 0 aromatic carbocycles. The summed E-state index contributed by atoms with van der Waals surface area (Å²) in [6.07, 6.45) is 7.23. The van der Waals surface area contributed by atoms with Crippen LogP contribution in [0.3, 0.4) is 0 Å². The summed E-state index contributed by atoms with van der Waals surface area (Å²) in [4.78, 5) is 16.3. The molecule has 11 heteroatoms. The molecule has 0 unspecified atom stereocenters. The van der Waals surface area contributed by atoms with Crippen molar-refractivity contribution in [2.45, 2.75) is 48.6 Å². The predicted octanol–water partition coefficient (Wildman–Crippen LogP) is 2.79. The number of nitrogens with zero attached hydrogens (tertiary/aromatic N) is 6. The van der Waals surface area contributed by atoms with Gasteiger partial charge in [0.25, 0.3) is 0 Å². The minimum Gasteiger partial charge on any atom is -0.382 e. The minimum absolute atomic E-state index is 0.00464. The number of halogens is 1. The van der Waals surface area contributed by atoms with Gasteiger partial charge in [-0.25, -0.2) is 15.0 Å². The SMILES string of the molecule is Nc1nccc(Sc2cnc(N3CCC4(CC3)Cn3nc5c(c3[C@H]4N)COC5)cn2)c1Cl. The monoisotopic (exact) mass is 470 g/mol. The van der Waals surface area contributed by atoms with E-state index in [0.717, 1.165) is 53.9 Å². The normalized spacial score (nSPS) is 21.2. The molecule has 0 aliphatic carbocycles. The molecular formula is C21H23ClN8OS. The zero-order valence-corrected chi connectivity index (χ0v) is 18.9. The van der Waals surface area contributed by atoms with Crippen molar-refractivity contribution in [2.75, 3.05) is 23.7 Å². The standard InChI is InChI=1S/C21H23ClN8OS/c22-17-14(1-4-25-20(17)24)32-16-8-26-15(7-27-16)29-5-2-21(3-6-29)11-30-18(19(21)23)12-9-31-10-13(12)28-30/h1,4,7-8,19H,2-3,5-6,9-11,23H2,(H2,24,25)/t19-/m1/s1. The Morgan fingerprint density at radius 1 is 1.16 bits per heavy atom. The van der Waals surface area contributed by atoms with E-state index in [4.69, 9.17) is 32.9 Å².